The maximum atomic E-state index is 5.63. The van der Waals surface area contributed by atoms with Gasteiger partial charge in [-0.05, 0) is 44.6 Å². The molecule has 0 unspecified atom stereocenters. The number of ether oxygens (including phenoxy) is 1. The number of hydrogen-bond acceptors (Lipinski definition) is 3. The van der Waals surface area contributed by atoms with Crippen LogP contribution in [0.5, 0.6) is 5.75 Å². The summed E-state index contributed by atoms with van der Waals surface area (Å²) in [4.78, 5) is 6.55. The Morgan fingerprint density at radius 3 is 2.45 bits per heavy atom. The lowest BCUT2D eigenvalue weighted by atomic mass is 10.1. The van der Waals surface area contributed by atoms with Crippen molar-refractivity contribution < 1.29 is 4.74 Å². The van der Waals surface area contributed by atoms with E-state index in [0.29, 0.717) is 6.61 Å². The highest BCUT2D eigenvalue weighted by atomic mass is 16.5. The Bertz CT molecular complexity index is 494. The molecule has 3 heteroatoms. The van der Waals surface area contributed by atoms with Gasteiger partial charge in [0, 0.05) is 12.2 Å². The third-order valence-electron chi connectivity index (χ3n) is 3.12. The Labute approximate surface area is 121 Å². The number of benzene rings is 1. The fourth-order valence-corrected chi connectivity index (χ4v) is 1.91. The molecule has 0 amide bonds. The van der Waals surface area contributed by atoms with Gasteiger partial charge in [0.25, 0.3) is 0 Å². The summed E-state index contributed by atoms with van der Waals surface area (Å²) in [5.41, 5.74) is 2.45. The maximum Gasteiger partial charge on any atom is 0.137 e. The molecule has 0 aliphatic rings. The quantitative estimate of drug-likeness (QED) is 0.773. The predicted molar refractivity (Wildman–Crippen MR) is 82.1 cm³/mol. The molecule has 0 radical (unpaired) electrons. The lowest BCUT2D eigenvalue weighted by Gasteiger charge is -2.11. The van der Waals surface area contributed by atoms with Gasteiger partial charge in [0.15, 0.2) is 0 Å². The second kappa shape index (κ2) is 7.65. The molecule has 0 saturated carbocycles. The summed E-state index contributed by atoms with van der Waals surface area (Å²) >= 11 is 0. The van der Waals surface area contributed by atoms with Gasteiger partial charge in [-0.2, -0.15) is 0 Å². The smallest absolute Gasteiger partial charge is 0.137 e. The van der Waals surface area contributed by atoms with Gasteiger partial charge in [0.05, 0.1) is 6.20 Å². The van der Waals surface area contributed by atoms with Crippen LogP contribution in [0.3, 0.4) is 0 Å². The van der Waals surface area contributed by atoms with E-state index in [1.54, 1.807) is 0 Å². The number of pyridine rings is 1. The van der Waals surface area contributed by atoms with Crippen molar-refractivity contribution in [3.63, 3.8) is 0 Å². The Morgan fingerprint density at radius 2 is 1.80 bits per heavy atom. The Hall–Kier alpha value is -1.87. The van der Waals surface area contributed by atoms with Gasteiger partial charge < -0.3 is 9.64 Å². The summed E-state index contributed by atoms with van der Waals surface area (Å²) in [6, 6.07) is 14.5. The van der Waals surface area contributed by atoms with Crippen LogP contribution in [-0.4, -0.2) is 37.1 Å². The number of rotatable bonds is 7. The molecule has 0 bridgehead atoms. The van der Waals surface area contributed by atoms with Crippen molar-refractivity contribution in [2.75, 3.05) is 27.2 Å². The maximum absolute atomic E-state index is 5.63. The van der Waals surface area contributed by atoms with Crippen LogP contribution in [0.15, 0.2) is 48.7 Å². The van der Waals surface area contributed by atoms with E-state index < -0.39 is 0 Å². The van der Waals surface area contributed by atoms with Crippen LogP contribution in [0.2, 0.25) is 0 Å². The number of aromatic nitrogens is 1. The van der Waals surface area contributed by atoms with Crippen molar-refractivity contribution in [2.45, 2.75) is 12.8 Å². The standard InChI is InChI=1S/C17H22N2O/c1-19(2)12-13-20-17-11-10-16(18-14-17)9-8-15-6-4-3-5-7-15/h3-7,10-11,14H,8-9,12-13H2,1-2H3. The number of nitrogens with zero attached hydrogens (tertiary/aromatic N) is 2. The molecule has 0 aliphatic heterocycles. The van der Waals surface area contributed by atoms with Crippen molar-refractivity contribution in [3.05, 3.63) is 59.9 Å². The van der Waals surface area contributed by atoms with E-state index >= 15 is 0 Å². The predicted octanol–water partition coefficient (Wildman–Crippen LogP) is 2.81. The minimum absolute atomic E-state index is 0.693. The van der Waals surface area contributed by atoms with Crippen molar-refractivity contribution in [2.24, 2.45) is 0 Å². The molecule has 0 aliphatic carbocycles. The SMILES string of the molecule is CN(C)CCOc1ccc(CCc2ccccc2)nc1. The molecule has 1 heterocycles. The molecule has 0 fully saturated rings. The number of likely N-dealkylation sites (N-methyl/N-ethyl adjacent to an activating group) is 1. The molecular weight excluding hydrogens is 248 g/mol. The Kier molecular flexibility index (Phi) is 5.56. The average Bonchev–Trinajstić information content (AvgIpc) is 2.47. The first-order chi connectivity index (χ1) is 9.74. The normalized spacial score (nSPS) is 10.8. The van der Waals surface area contributed by atoms with Crippen LogP contribution >= 0.6 is 0 Å². The second-order valence-corrected chi connectivity index (χ2v) is 5.12. The van der Waals surface area contributed by atoms with Crippen LogP contribution in [-0.2, 0) is 12.8 Å². The first kappa shape index (κ1) is 14.5. The van der Waals surface area contributed by atoms with Gasteiger partial charge in [-0.15, -0.1) is 0 Å². The third kappa shape index (κ3) is 5.02. The van der Waals surface area contributed by atoms with Crippen LogP contribution < -0.4 is 4.74 Å². The minimum Gasteiger partial charge on any atom is -0.491 e. The number of aryl methyl sites for hydroxylation is 2. The van der Waals surface area contributed by atoms with E-state index in [0.717, 1.165) is 30.8 Å². The molecule has 2 aromatic rings. The first-order valence-corrected chi connectivity index (χ1v) is 7.00. The summed E-state index contributed by atoms with van der Waals surface area (Å²) in [5, 5.41) is 0. The molecule has 20 heavy (non-hydrogen) atoms. The average molecular weight is 270 g/mol. The Morgan fingerprint density at radius 1 is 1.00 bits per heavy atom. The monoisotopic (exact) mass is 270 g/mol. The summed E-state index contributed by atoms with van der Waals surface area (Å²) in [6.07, 6.45) is 3.80. The molecule has 1 aromatic heterocycles. The third-order valence-corrected chi connectivity index (χ3v) is 3.12. The lowest BCUT2D eigenvalue weighted by molar-refractivity contribution is 0.260. The van der Waals surface area contributed by atoms with E-state index in [1.165, 1.54) is 5.56 Å². The van der Waals surface area contributed by atoms with Crippen LogP contribution in [0.25, 0.3) is 0 Å². The number of hydrogen-bond donors (Lipinski definition) is 0. The fourth-order valence-electron chi connectivity index (χ4n) is 1.91. The zero-order chi connectivity index (χ0) is 14.2. The van der Waals surface area contributed by atoms with E-state index in [-0.39, 0.29) is 0 Å². The molecular formula is C17H22N2O. The summed E-state index contributed by atoms with van der Waals surface area (Å²) in [6.45, 7) is 1.60. The van der Waals surface area contributed by atoms with Crippen molar-refractivity contribution in [1.29, 1.82) is 0 Å². The molecule has 0 spiro atoms. The molecule has 0 N–H and O–H groups in total. The summed E-state index contributed by atoms with van der Waals surface area (Å²) in [7, 11) is 4.07. The largest absolute Gasteiger partial charge is 0.491 e. The zero-order valence-corrected chi connectivity index (χ0v) is 12.2. The summed E-state index contributed by atoms with van der Waals surface area (Å²) in [5.74, 6) is 0.843. The van der Waals surface area contributed by atoms with Crippen molar-refractivity contribution in [3.8, 4) is 5.75 Å². The highest BCUT2D eigenvalue weighted by molar-refractivity contribution is 5.21. The van der Waals surface area contributed by atoms with Gasteiger partial charge in [-0.25, -0.2) is 0 Å². The highest BCUT2D eigenvalue weighted by Gasteiger charge is 1.99. The van der Waals surface area contributed by atoms with Crippen molar-refractivity contribution in [1.82, 2.24) is 9.88 Å². The molecule has 0 saturated heterocycles. The van der Waals surface area contributed by atoms with Gasteiger partial charge in [0.1, 0.15) is 12.4 Å². The van der Waals surface area contributed by atoms with Gasteiger partial charge in [-0.3, -0.25) is 4.98 Å². The van der Waals surface area contributed by atoms with E-state index in [9.17, 15) is 0 Å². The van der Waals surface area contributed by atoms with Gasteiger partial charge in [-0.1, -0.05) is 30.3 Å². The molecule has 1 aromatic carbocycles. The molecule has 2 rings (SSSR count). The van der Waals surface area contributed by atoms with E-state index in [2.05, 4.69) is 34.1 Å². The molecule has 3 nitrogen and oxygen atoms in total. The van der Waals surface area contributed by atoms with E-state index in [1.807, 2.05) is 38.5 Å². The van der Waals surface area contributed by atoms with Gasteiger partial charge in [0.2, 0.25) is 0 Å². The highest BCUT2D eigenvalue weighted by Crippen LogP contribution is 2.11. The first-order valence-electron chi connectivity index (χ1n) is 7.00. The topological polar surface area (TPSA) is 25.4 Å². The fraction of sp³-hybridized carbons (Fsp3) is 0.353. The van der Waals surface area contributed by atoms with Crippen molar-refractivity contribution >= 4 is 0 Å². The molecule has 106 valence electrons. The Balaban J connectivity index is 1.79. The molecule has 0 atom stereocenters. The lowest BCUT2D eigenvalue weighted by Crippen LogP contribution is -2.19. The second-order valence-electron chi connectivity index (χ2n) is 5.12. The zero-order valence-electron chi connectivity index (χ0n) is 12.2. The van der Waals surface area contributed by atoms with Crippen LogP contribution in [0.1, 0.15) is 11.3 Å². The summed E-state index contributed by atoms with van der Waals surface area (Å²) < 4.78 is 5.63. The van der Waals surface area contributed by atoms with E-state index in [4.69, 9.17) is 4.74 Å². The van der Waals surface area contributed by atoms with Crippen LogP contribution in [0.4, 0.5) is 0 Å². The minimum atomic E-state index is 0.693. The van der Waals surface area contributed by atoms with Gasteiger partial charge >= 0.3 is 0 Å². The van der Waals surface area contributed by atoms with Crippen LogP contribution in [0, 0.1) is 0 Å².